The number of halogens is 4. The molecule has 5 aromatic rings. The average Bonchev–Trinajstić information content (AvgIpc) is 3.00. The van der Waals surface area contributed by atoms with Crippen LogP contribution < -0.4 is 15.0 Å². The number of fused-ring (bicyclic) bond motifs is 1. The normalized spacial score (nSPS) is 11.7. The van der Waals surface area contributed by atoms with E-state index in [0.29, 0.717) is 38.3 Å². The summed E-state index contributed by atoms with van der Waals surface area (Å²) in [5.74, 6) is 0.779. The van der Waals surface area contributed by atoms with E-state index in [0.717, 1.165) is 16.8 Å². The van der Waals surface area contributed by atoms with E-state index in [9.17, 15) is 28.1 Å². The second-order valence-electron chi connectivity index (χ2n) is 9.37. The molecule has 0 aliphatic rings. The molecular weight excluding hydrogens is 692 g/mol. The molecule has 0 unspecified atom stereocenters. The Balaban J connectivity index is 1.52. The van der Waals surface area contributed by atoms with Gasteiger partial charge >= 0.3 is 6.18 Å². The summed E-state index contributed by atoms with van der Waals surface area (Å²) >= 11 is 2.06. The van der Waals surface area contributed by atoms with Crippen molar-refractivity contribution >= 4 is 45.4 Å². The van der Waals surface area contributed by atoms with E-state index in [2.05, 4.69) is 32.7 Å². The van der Waals surface area contributed by atoms with Gasteiger partial charge in [0.2, 0.25) is 0 Å². The first-order chi connectivity index (χ1) is 21.0. The summed E-state index contributed by atoms with van der Waals surface area (Å²) < 4.78 is 53.9. The summed E-state index contributed by atoms with van der Waals surface area (Å²) in [6.45, 7) is 2.24. The molecule has 0 spiro atoms. The summed E-state index contributed by atoms with van der Waals surface area (Å²) in [5, 5.41) is 15.5. The van der Waals surface area contributed by atoms with E-state index in [1.165, 1.54) is 30.5 Å². The smallest absolute Gasteiger partial charge is 0.416 e. The highest BCUT2D eigenvalue weighted by atomic mass is 127. The van der Waals surface area contributed by atoms with Crippen LogP contribution in [0.5, 0.6) is 11.5 Å². The van der Waals surface area contributed by atoms with E-state index in [4.69, 9.17) is 9.47 Å². The summed E-state index contributed by atoms with van der Waals surface area (Å²) in [7, 11) is 0. The molecular formula is C31H22F3IN4O5. The van der Waals surface area contributed by atoms with Gasteiger partial charge in [-0.1, -0.05) is 24.3 Å². The number of rotatable bonds is 9. The topological polar surface area (TPSA) is 109 Å². The van der Waals surface area contributed by atoms with Crippen LogP contribution in [0.25, 0.3) is 22.3 Å². The molecule has 0 atom stereocenters. The molecule has 0 fully saturated rings. The molecule has 0 aliphatic carbocycles. The Morgan fingerprint density at radius 3 is 2.48 bits per heavy atom. The number of non-ortho nitro benzene ring substituents is 1. The number of alkyl halides is 3. The van der Waals surface area contributed by atoms with E-state index in [-0.39, 0.29) is 29.1 Å². The lowest BCUT2D eigenvalue weighted by atomic mass is 10.1. The third kappa shape index (κ3) is 6.72. The predicted molar refractivity (Wildman–Crippen MR) is 167 cm³/mol. The fourth-order valence-electron chi connectivity index (χ4n) is 4.31. The van der Waals surface area contributed by atoms with Crippen molar-refractivity contribution in [2.24, 2.45) is 5.10 Å². The standard InChI is InChI=1S/C31H22F3IN4O5/c1-2-43-27-15-20(14-25(35)28(27)44-18-19-10-12-23(13-11-19)39(41)42)17-36-38-29(21-6-5-7-22(16-21)31(32,33)34)37-26-9-4-3-8-24(26)30(38)40/h3-17H,2,18H2,1H3. The number of hydrogen-bond acceptors (Lipinski definition) is 7. The molecule has 0 radical (unpaired) electrons. The Morgan fingerprint density at radius 2 is 1.77 bits per heavy atom. The SMILES string of the molecule is CCOc1cc(C=Nn2c(-c3cccc(C(F)(F)F)c3)nc3ccccc3c2=O)cc(I)c1OCc1ccc([N+](=O)[O-])cc1. The molecule has 13 heteroatoms. The molecule has 224 valence electrons. The van der Waals surface area contributed by atoms with Crippen LogP contribution in [-0.4, -0.2) is 27.4 Å². The Hall–Kier alpha value is -4.79. The van der Waals surface area contributed by atoms with Crippen molar-refractivity contribution in [3.8, 4) is 22.9 Å². The zero-order valence-corrected chi connectivity index (χ0v) is 25.1. The molecule has 44 heavy (non-hydrogen) atoms. The minimum atomic E-state index is -4.59. The second-order valence-corrected chi connectivity index (χ2v) is 10.5. The number of ether oxygens (including phenoxy) is 2. The largest absolute Gasteiger partial charge is 0.490 e. The van der Waals surface area contributed by atoms with Gasteiger partial charge in [-0.05, 0) is 89.2 Å². The Bertz CT molecular complexity index is 1940. The number of nitro benzene ring substituents is 1. The van der Waals surface area contributed by atoms with Gasteiger partial charge in [-0.2, -0.15) is 22.9 Å². The third-order valence-corrected chi connectivity index (χ3v) is 7.19. The van der Waals surface area contributed by atoms with Crippen molar-refractivity contribution in [2.75, 3.05) is 6.61 Å². The number of hydrogen-bond donors (Lipinski definition) is 0. The van der Waals surface area contributed by atoms with Crippen LogP contribution in [0, 0.1) is 13.7 Å². The summed E-state index contributed by atoms with van der Waals surface area (Å²) in [5.41, 5.74) is 0.160. The minimum Gasteiger partial charge on any atom is -0.490 e. The lowest BCUT2D eigenvalue weighted by Gasteiger charge is -2.15. The second kappa shape index (κ2) is 12.8. The lowest BCUT2D eigenvalue weighted by molar-refractivity contribution is -0.384. The molecule has 1 heterocycles. The average molecular weight is 714 g/mol. The van der Waals surface area contributed by atoms with Crippen molar-refractivity contribution in [2.45, 2.75) is 19.7 Å². The first kappa shape index (κ1) is 30.7. The molecule has 5 rings (SSSR count). The van der Waals surface area contributed by atoms with Crippen molar-refractivity contribution in [1.29, 1.82) is 0 Å². The van der Waals surface area contributed by atoms with Gasteiger partial charge in [0.15, 0.2) is 17.3 Å². The maximum Gasteiger partial charge on any atom is 0.416 e. The van der Waals surface area contributed by atoms with Gasteiger partial charge in [0.1, 0.15) is 6.61 Å². The maximum atomic E-state index is 13.5. The molecule has 0 aliphatic heterocycles. The van der Waals surface area contributed by atoms with Gasteiger partial charge in [0, 0.05) is 17.7 Å². The molecule has 9 nitrogen and oxygen atoms in total. The fraction of sp³-hybridized carbons (Fsp3) is 0.129. The highest BCUT2D eigenvalue weighted by Crippen LogP contribution is 2.35. The lowest BCUT2D eigenvalue weighted by Crippen LogP contribution is -2.20. The number of aromatic nitrogens is 2. The molecule has 0 amide bonds. The van der Waals surface area contributed by atoms with Gasteiger partial charge < -0.3 is 9.47 Å². The molecule has 0 bridgehead atoms. The fourth-order valence-corrected chi connectivity index (χ4v) is 5.09. The summed E-state index contributed by atoms with van der Waals surface area (Å²) in [6, 6.07) is 20.5. The van der Waals surface area contributed by atoms with Gasteiger partial charge in [-0.3, -0.25) is 14.9 Å². The monoisotopic (exact) mass is 714 g/mol. The van der Waals surface area contributed by atoms with Gasteiger partial charge in [0.05, 0.1) is 37.8 Å². The zero-order valence-electron chi connectivity index (χ0n) is 22.9. The predicted octanol–water partition coefficient (Wildman–Crippen LogP) is 7.46. The van der Waals surface area contributed by atoms with Crippen molar-refractivity contribution in [3.05, 3.63) is 126 Å². The molecule has 4 aromatic carbocycles. The summed E-state index contributed by atoms with van der Waals surface area (Å²) in [6.07, 6.45) is -3.20. The minimum absolute atomic E-state index is 0.0288. The third-order valence-electron chi connectivity index (χ3n) is 6.39. The van der Waals surface area contributed by atoms with Gasteiger partial charge in [-0.15, -0.1) is 0 Å². The van der Waals surface area contributed by atoms with Crippen molar-refractivity contribution < 1.29 is 27.6 Å². The number of nitrogens with zero attached hydrogens (tertiary/aromatic N) is 4. The van der Waals surface area contributed by atoms with Crippen LogP contribution in [0.1, 0.15) is 23.6 Å². The number of nitro groups is 1. The van der Waals surface area contributed by atoms with E-state index in [1.54, 1.807) is 55.5 Å². The first-order valence-corrected chi connectivity index (χ1v) is 14.2. The molecule has 0 saturated carbocycles. The van der Waals surface area contributed by atoms with Crippen molar-refractivity contribution in [3.63, 3.8) is 0 Å². The van der Waals surface area contributed by atoms with E-state index < -0.39 is 22.2 Å². The Labute approximate surface area is 261 Å². The van der Waals surface area contributed by atoms with E-state index >= 15 is 0 Å². The number of benzene rings is 4. The van der Waals surface area contributed by atoms with Crippen LogP contribution >= 0.6 is 22.6 Å². The van der Waals surface area contributed by atoms with Crippen LogP contribution in [0.3, 0.4) is 0 Å². The van der Waals surface area contributed by atoms with Gasteiger partial charge in [-0.25, -0.2) is 4.98 Å². The van der Waals surface area contributed by atoms with Crippen molar-refractivity contribution in [1.82, 2.24) is 9.66 Å². The maximum absolute atomic E-state index is 13.5. The molecule has 0 N–H and O–H groups in total. The van der Waals surface area contributed by atoms with Gasteiger partial charge in [0.25, 0.3) is 11.2 Å². The highest BCUT2D eigenvalue weighted by Gasteiger charge is 2.31. The van der Waals surface area contributed by atoms with Crippen LogP contribution in [-0.2, 0) is 12.8 Å². The molecule has 1 aromatic heterocycles. The Morgan fingerprint density at radius 1 is 1.02 bits per heavy atom. The molecule has 0 saturated heterocycles. The number of para-hydroxylation sites is 1. The van der Waals surface area contributed by atoms with Crippen LogP contribution in [0.2, 0.25) is 0 Å². The quantitative estimate of drug-likeness (QED) is 0.0680. The van der Waals surface area contributed by atoms with Crippen LogP contribution in [0.4, 0.5) is 18.9 Å². The first-order valence-electron chi connectivity index (χ1n) is 13.1. The van der Waals surface area contributed by atoms with E-state index in [1.807, 2.05) is 0 Å². The summed E-state index contributed by atoms with van der Waals surface area (Å²) in [4.78, 5) is 28.4. The van der Waals surface area contributed by atoms with Crippen LogP contribution in [0.15, 0.2) is 94.8 Å². The highest BCUT2D eigenvalue weighted by molar-refractivity contribution is 14.1. The zero-order chi connectivity index (χ0) is 31.4. The Kier molecular flexibility index (Phi) is 8.94.